The molecule has 0 aromatic heterocycles. The monoisotopic (exact) mass is 291 g/mol. The van der Waals surface area contributed by atoms with E-state index in [1.807, 2.05) is 24.3 Å². The molecule has 0 heterocycles. The first-order valence-corrected chi connectivity index (χ1v) is 6.85. The number of benzene rings is 2. The highest BCUT2D eigenvalue weighted by atomic mass is 19.1. The zero-order valence-corrected chi connectivity index (χ0v) is 12.2. The molecule has 1 unspecified atom stereocenters. The smallest absolute Gasteiger partial charge is 0.126 e. The second-order valence-electron chi connectivity index (χ2n) is 4.91. The fourth-order valence-corrected chi connectivity index (χ4v) is 2.36. The van der Waals surface area contributed by atoms with Gasteiger partial charge in [-0.05, 0) is 42.3 Å². The number of rotatable bonds is 6. The Balaban J connectivity index is 2.24. The van der Waals surface area contributed by atoms with Crippen LogP contribution in [-0.2, 0) is 11.2 Å². The van der Waals surface area contributed by atoms with Crippen molar-refractivity contribution in [1.82, 2.24) is 5.32 Å². The molecule has 0 bridgehead atoms. The fourth-order valence-electron chi connectivity index (χ4n) is 2.36. The van der Waals surface area contributed by atoms with Gasteiger partial charge in [-0.25, -0.2) is 8.78 Å². The van der Waals surface area contributed by atoms with Crippen LogP contribution in [0, 0.1) is 11.6 Å². The van der Waals surface area contributed by atoms with E-state index < -0.39 is 11.6 Å². The highest BCUT2D eigenvalue weighted by molar-refractivity contribution is 5.34. The molecular weight excluding hydrogens is 272 g/mol. The molecule has 0 saturated carbocycles. The van der Waals surface area contributed by atoms with Gasteiger partial charge in [0.1, 0.15) is 11.6 Å². The topological polar surface area (TPSA) is 21.3 Å². The minimum Gasteiger partial charge on any atom is -0.384 e. The molecule has 2 aromatic rings. The van der Waals surface area contributed by atoms with Crippen molar-refractivity contribution >= 4 is 0 Å². The Morgan fingerprint density at radius 1 is 1.00 bits per heavy atom. The Kier molecular flexibility index (Phi) is 5.42. The Morgan fingerprint density at radius 2 is 1.62 bits per heavy atom. The number of nitrogens with one attached hydrogen (secondary N) is 1. The van der Waals surface area contributed by atoms with Crippen molar-refractivity contribution in [3.05, 3.63) is 70.8 Å². The Hall–Kier alpha value is -1.78. The van der Waals surface area contributed by atoms with E-state index in [9.17, 15) is 8.78 Å². The molecule has 0 amide bonds. The summed E-state index contributed by atoms with van der Waals surface area (Å²) in [4.78, 5) is 0. The average Bonchev–Trinajstić information content (AvgIpc) is 2.46. The second-order valence-corrected chi connectivity index (χ2v) is 4.91. The first-order chi connectivity index (χ1) is 10.1. The summed E-state index contributed by atoms with van der Waals surface area (Å²) in [5, 5.41) is 3.09. The van der Waals surface area contributed by atoms with Crippen LogP contribution in [-0.4, -0.2) is 20.8 Å². The quantitative estimate of drug-likeness (QED) is 0.880. The Labute approximate surface area is 123 Å². The molecule has 21 heavy (non-hydrogen) atoms. The van der Waals surface area contributed by atoms with Gasteiger partial charge in [0.15, 0.2) is 0 Å². The standard InChI is InChI=1S/C17H19F2NO/c1-20-17(14-9-15(18)11-16(19)10-14)13-5-3-12(4-6-13)7-8-21-2/h3-6,9-11,17,20H,7-8H2,1-2H3. The van der Waals surface area contributed by atoms with Gasteiger partial charge in [-0.15, -0.1) is 0 Å². The van der Waals surface area contributed by atoms with E-state index in [2.05, 4.69) is 5.32 Å². The maximum Gasteiger partial charge on any atom is 0.126 e. The zero-order chi connectivity index (χ0) is 15.2. The summed E-state index contributed by atoms with van der Waals surface area (Å²) in [5.74, 6) is -1.14. The zero-order valence-electron chi connectivity index (χ0n) is 12.2. The van der Waals surface area contributed by atoms with Gasteiger partial charge in [-0.3, -0.25) is 0 Å². The predicted molar refractivity (Wildman–Crippen MR) is 79.3 cm³/mol. The van der Waals surface area contributed by atoms with E-state index in [0.717, 1.165) is 18.1 Å². The van der Waals surface area contributed by atoms with Gasteiger partial charge in [0.05, 0.1) is 12.6 Å². The molecule has 112 valence electrons. The number of halogens is 2. The summed E-state index contributed by atoms with van der Waals surface area (Å²) < 4.78 is 31.8. The second kappa shape index (κ2) is 7.29. The minimum absolute atomic E-state index is 0.244. The lowest BCUT2D eigenvalue weighted by atomic mass is 9.97. The summed E-state index contributed by atoms with van der Waals surface area (Å²) in [6.07, 6.45) is 0.843. The third-order valence-corrected chi connectivity index (χ3v) is 3.41. The molecule has 0 aliphatic heterocycles. The molecule has 2 nitrogen and oxygen atoms in total. The van der Waals surface area contributed by atoms with Gasteiger partial charge in [0.2, 0.25) is 0 Å². The van der Waals surface area contributed by atoms with Gasteiger partial charge in [0, 0.05) is 13.2 Å². The summed E-state index contributed by atoms with van der Waals surface area (Å²) in [6.45, 7) is 0.671. The van der Waals surface area contributed by atoms with Crippen molar-refractivity contribution in [1.29, 1.82) is 0 Å². The van der Waals surface area contributed by atoms with E-state index in [-0.39, 0.29) is 6.04 Å². The molecule has 0 radical (unpaired) electrons. The molecule has 0 fully saturated rings. The highest BCUT2D eigenvalue weighted by Crippen LogP contribution is 2.23. The van der Waals surface area contributed by atoms with E-state index in [1.54, 1.807) is 14.2 Å². The van der Waals surface area contributed by atoms with E-state index in [0.29, 0.717) is 12.2 Å². The van der Waals surface area contributed by atoms with Gasteiger partial charge in [-0.1, -0.05) is 24.3 Å². The molecule has 2 rings (SSSR count). The van der Waals surface area contributed by atoms with Gasteiger partial charge in [0.25, 0.3) is 0 Å². The van der Waals surface area contributed by atoms with Gasteiger partial charge < -0.3 is 10.1 Å². The maximum atomic E-state index is 13.4. The lowest BCUT2D eigenvalue weighted by molar-refractivity contribution is 0.202. The van der Waals surface area contributed by atoms with Crippen molar-refractivity contribution in [2.24, 2.45) is 0 Å². The van der Waals surface area contributed by atoms with Crippen LogP contribution >= 0.6 is 0 Å². The molecule has 0 aliphatic rings. The number of ether oxygens (including phenoxy) is 1. The van der Waals surface area contributed by atoms with Crippen LogP contribution in [0.1, 0.15) is 22.7 Å². The molecule has 1 N–H and O–H groups in total. The summed E-state index contributed by atoms with van der Waals surface area (Å²) in [5.41, 5.74) is 2.70. The lowest BCUT2D eigenvalue weighted by Crippen LogP contribution is -2.18. The van der Waals surface area contributed by atoms with E-state index in [4.69, 9.17) is 4.74 Å². The number of hydrogen-bond donors (Lipinski definition) is 1. The van der Waals surface area contributed by atoms with E-state index >= 15 is 0 Å². The summed E-state index contributed by atoms with van der Waals surface area (Å²) in [7, 11) is 3.44. The third-order valence-electron chi connectivity index (χ3n) is 3.41. The highest BCUT2D eigenvalue weighted by Gasteiger charge is 2.14. The SMILES string of the molecule is CNC(c1ccc(CCOC)cc1)c1cc(F)cc(F)c1. The van der Waals surface area contributed by atoms with Crippen LogP contribution in [0.4, 0.5) is 8.78 Å². The maximum absolute atomic E-state index is 13.4. The van der Waals surface area contributed by atoms with Crippen molar-refractivity contribution in [2.45, 2.75) is 12.5 Å². The predicted octanol–water partition coefficient (Wildman–Crippen LogP) is 3.46. The van der Waals surface area contributed by atoms with Crippen LogP contribution < -0.4 is 5.32 Å². The first kappa shape index (κ1) is 15.6. The molecule has 2 aromatic carbocycles. The van der Waals surface area contributed by atoms with Crippen molar-refractivity contribution in [3.63, 3.8) is 0 Å². The van der Waals surface area contributed by atoms with Crippen LogP contribution in [0.2, 0.25) is 0 Å². The van der Waals surface area contributed by atoms with Crippen LogP contribution in [0.5, 0.6) is 0 Å². The fraction of sp³-hybridized carbons (Fsp3) is 0.294. The Morgan fingerprint density at radius 3 is 2.14 bits per heavy atom. The summed E-state index contributed by atoms with van der Waals surface area (Å²) in [6, 6.07) is 11.3. The van der Waals surface area contributed by atoms with Gasteiger partial charge >= 0.3 is 0 Å². The third kappa shape index (κ3) is 4.09. The van der Waals surface area contributed by atoms with Crippen molar-refractivity contribution < 1.29 is 13.5 Å². The van der Waals surface area contributed by atoms with Crippen molar-refractivity contribution in [3.8, 4) is 0 Å². The van der Waals surface area contributed by atoms with Crippen molar-refractivity contribution in [2.75, 3.05) is 20.8 Å². The normalized spacial score (nSPS) is 12.4. The number of hydrogen-bond acceptors (Lipinski definition) is 2. The molecule has 0 saturated heterocycles. The minimum atomic E-state index is -0.568. The summed E-state index contributed by atoms with van der Waals surface area (Å²) >= 11 is 0. The Bertz CT molecular complexity index is 564. The molecular formula is C17H19F2NO. The lowest BCUT2D eigenvalue weighted by Gasteiger charge is -2.18. The molecule has 4 heteroatoms. The molecule has 0 aliphatic carbocycles. The average molecular weight is 291 g/mol. The molecule has 1 atom stereocenters. The first-order valence-electron chi connectivity index (χ1n) is 6.85. The van der Waals surface area contributed by atoms with Crippen LogP contribution in [0.3, 0.4) is 0 Å². The van der Waals surface area contributed by atoms with Gasteiger partial charge in [-0.2, -0.15) is 0 Å². The van der Waals surface area contributed by atoms with E-state index in [1.165, 1.54) is 17.7 Å². The largest absolute Gasteiger partial charge is 0.384 e. The van der Waals surface area contributed by atoms with Crippen LogP contribution in [0.15, 0.2) is 42.5 Å². The van der Waals surface area contributed by atoms with Crippen LogP contribution in [0.25, 0.3) is 0 Å². The number of methoxy groups -OCH3 is 1. The molecule has 0 spiro atoms.